The van der Waals surface area contributed by atoms with E-state index in [4.69, 9.17) is 14.2 Å². The molecule has 3 saturated heterocycles. The first kappa shape index (κ1) is 53.2. The van der Waals surface area contributed by atoms with E-state index in [1.54, 1.807) is 0 Å². The Bertz CT molecular complexity index is 2970. The molecule has 0 bridgehead atoms. The Morgan fingerprint density at radius 3 is 2.00 bits per heavy atom. The van der Waals surface area contributed by atoms with E-state index in [0.29, 0.717) is 47.0 Å². The topological polar surface area (TPSA) is 143 Å². The standard InChI is InChI=1S/C67H87N9O4/c1-43-32-75(41-65(20-21-65)38-68-57-30-54(57)47-12-6-4-7-13-47)37-53(71-43)28-46-11-10-16-49(27-46)59-60(61(59)70-39-66(22-23-66)42-76-33-44(2)79-45(3)34-76)56-29-50(63(77)78)17-18-51(56)35-74-26-19-52(36-74)62-72-64(73-80-62)67(24-25-67)40-69-58-31-55(58)48-14-8-5-9-15-48/h4-18,27,29,43-45,52-55,57-61,68-71H,19-26,28,30-42H2,1-3H3,(H,77,78)/t43-,44-,45+,52?,53+,54?,55?,57-,58-,59?,60?,61+/m0/s1. The minimum atomic E-state index is -0.871. The summed E-state index contributed by atoms with van der Waals surface area (Å²) in [7, 11) is 0. The van der Waals surface area contributed by atoms with E-state index in [-0.39, 0.29) is 46.8 Å². The van der Waals surface area contributed by atoms with Gasteiger partial charge in [0.25, 0.3) is 0 Å². The van der Waals surface area contributed by atoms with Crippen LogP contribution in [0.4, 0.5) is 0 Å². The molecule has 5 unspecified atom stereocenters. The Labute approximate surface area is 474 Å². The number of aromatic carboxylic acids is 1. The van der Waals surface area contributed by atoms with Crippen LogP contribution in [0, 0.1) is 10.8 Å². The Morgan fingerprint density at radius 1 is 0.688 bits per heavy atom. The maximum Gasteiger partial charge on any atom is 0.335 e. The second kappa shape index (κ2) is 21.7. The third kappa shape index (κ3) is 11.9. The van der Waals surface area contributed by atoms with E-state index in [0.717, 1.165) is 109 Å². The van der Waals surface area contributed by atoms with Gasteiger partial charge in [-0.2, -0.15) is 4.98 Å². The number of morpholine rings is 1. The van der Waals surface area contributed by atoms with Gasteiger partial charge in [-0.1, -0.05) is 96.2 Å². The predicted molar refractivity (Wildman–Crippen MR) is 312 cm³/mol. The monoisotopic (exact) mass is 1080 g/mol. The van der Waals surface area contributed by atoms with Gasteiger partial charge in [-0.15, -0.1) is 0 Å². The predicted octanol–water partition coefficient (Wildman–Crippen LogP) is 8.79. The van der Waals surface area contributed by atoms with E-state index in [1.165, 1.54) is 78.5 Å². The highest BCUT2D eigenvalue weighted by Gasteiger charge is 2.56. The lowest BCUT2D eigenvalue weighted by molar-refractivity contribution is -0.0725. The molecule has 6 saturated carbocycles. The van der Waals surface area contributed by atoms with E-state index in [1.807, 2.05) is 12.1 Å². The summed E-state index contributed by atoms with van der Waals surface area (Å²) in [5.41, 5.74) is 9.04. The van der Waals surface area contributed by atoms with Gasteiger partial charge in [0.05, 0.1) is 23.7 Å². The number of carboxylic acid groups (broad SMARTS) is 1. The zero-order valence-electron chi connectivity index (χ0n) is 47.7. The lowest BCUT2D eigenvalue weighted by Crippen LogP contribution is -2.57. The molecule has 0 spiro atoms. The van der Waals surface area contributed by atoms with E-state index < -0.39 is 5.97 Å². The summed E-state index contributed by atoms with van der Waals surface area (Å²) in [6.45, 7) is 18.7. The highest BCUT2D eigenvalue weighted by Crippen LogP contribution is 2.58. The fourth-order valence-corrected chi connectivity index (χ4v) is 15.4. The summed E-state index contributed by atoms with van der Waals surface area (Å²) in [4.78, 5) is 25.9. The Balaban J connectivity index is 0.656. The number of aromatic nitrogens is 2. The Morgan fingerprint density at radius 2 is 1.34 bits per heavy atom. The number of ether oxygens (including phenoxy) is 1. The van der Waals surface area contributed by atoms with Crippen molar-refractivity contribution >= 4 is 5.97 Å². The van der Waals surface area contributed by atoms with Crippen molar-refractivity contribution in [3.05, 3.63) is 154 Å². The maximum absolute atomic E-state index is 12.8. The highest BCUT2D eigenvalue weighted by atomic mass is 16.5. The van der Waals surface area contributed by atoms with Gasteiger partial charge in [0.1, 0.15) is 0 Å². The fourth-order valence-electron chi connectivity index (χ4n) is 15.4. The van der Waals surface area contributed by atoms with Crippen molar-refractivity contribution in [2.24, 2.45) is 10.8 Å². The molecule has 9 fully saturated rings. The average molecular weight is 1080 g/mol. The molecule has 3 aliphatic heterocycles. The van der Waals surface area contributed by atoms with Crippen molar-refractivity contribution in [2.45, 2.75) is 169 Å². The molecule has 13 nitrogen and oxygen atoms in total. The van der Waals surface area contributed by atoms with Crippen molar-refractivity contribution in [3.63, 3.8) is 0 Å². The summed E-state index contributed by atoms with van der Waals surface area (Å²) in [6, 6.07) is 39.5. The zero-order chi connectivity index (χ0) is 54.2. The Kier molecular flexibility index (Phi) is 14.5. The number of piperazine rings is 1. The number of hydrogen-bond donors (Lipinski definition) is 5. The van der Waals surface area contributed by atoms with Crippen LogP contribution in [0.1, 0.15) is 164 Å². The summed E-state index contributed by atoms with van der Waals surface area (Å²) in [5, 5.41) is 31.2. The number of nitrogens with one attached hydrogen (secondary N) is 4. The van der Waals surface area contributed by atoms with Gasteiger partial charge >= 0.3 is 5.97 Å². The SMILES string of the molecule is C[C@@H]1CN(CC2(CN[C@@H]3C(c4cccc(C[C@@H]5CN(CC6(CN[C@H]7CC7c7ccccc7)CC6)C[C@H](C)N5)c4)C3c3cc(C(=O)O)ccc3CN3CCC(c4nc(C5(CN[C@H]6CC6c6ccccc6)CC5)no4)C3)CC2)C[C@H](C)O1. The van der Waals surface area contributed by atoms with Gasteiger partial charge in [-0.05, 0) is 148 Å². The average Bonchev–Trinajstić information content (AvgIpc) is 4.14. The molecule has 80 heavy (non-hydrogen) atoms. The normalized spacial score (nSPS) is 32.8. The Hall–Kier alpha value is -4.83. The van der Waals surface area contributed by atoms with Crippen LogP contribution < -0.4 is 21.3 Å². The molecule has 5 N–H and O–H groups in total. The van der Waals surface area contributed by atoms with Crippen LogP contribution in [0.5, 0.6) is 0 Å². The molecule has 1 aromatic heterocycles. The number of carboxylic acids is 1. The van der Waals surface area contributed by atoms with Crippen LogP contribution in [0.2, 0.25) is 0 Å². The molecule has 6 aliphatic carbocycles. The van der Waals surface area contributed by atoms with Crippen molar-refractivity contribution in [3.8, 4) is 0 Å². The zero-order valence-corrected chi connectivity index (χ0v) is 47.7. The van der Waals surface area contributed by atoms with Crippen molar-refractivity contribution in [1.82, 2.24) is 46.1 Å². The molecule has 0 radical (unpaired) electrons. The van der Waals surface area contributed by atoms with Gasteiger partial charge in [0.15, 0.2) is 5.82 Å². The molecular formula is C67H87N9O4. The number of carbonyl (C=O) groups is 1. The molecule has 424 valence electrons. The summed E-state index contributed by atoms with van der Waals surface area (Å²) in [6.07, 6.45) is 12.2. The first-order chi connectivity index (χ1) is 38.9. The van der Waals surface area contributed by atoms with Gasteiger partial charge < -0.3 is 35.6 Å². The van der Waals surface area contributed by atoms with Gasteiger partial charge in [-0.25, -0.2) is 4.79 Å². The van der Waals surface area contributed by atoms with Crippen LogP contribution in [0.3, 0.4) is 0 Å². The van der Waals surface area contributed by atoms with Gasteiger partial charge in [0, 0.05) is 131 Å². The number of nitrogens with zero attached hydrogens (tertiary/aromatic N) is 5. The van der Waals surface area contributed by atoms with E-state index in [9.17, 15) is 9.90 Å². The molecular weight excluding hydrogens is 995 g/mol. The maximum atomic E-state index is 12.8. The largest absolute Gasteiger partial charge is 0.478 e. The van der Waals surface area contributed by atoms with Gasteiger partial charge in [0.2, 0.25) is 5.89 Å². The summed E-state index contributed by atoms with van der Waals surface area (Å²) in [5.74, 6) is 2.59. The van der Waals surface area contributed by atoms with Crippen LogP contribution >= 0.6 is 0 Å². The fraction of sp³-hybridized carbons (Fsp3) is 0.597. The molecule has 4 aromatic carbocycles. The van der Waals surface area contributed by atoms with Crippen molar-refractivity contribution in [1.29, 1.82) is 0 Å². The van der Waals surface area contributed by atoms with Crippen molar-refractivity contribution < 1.29 is 19.2 Å². The molecule has 5 aromatic rings. The first-order valence-corrected chi connectivity index (χ1v) is 31.1. The summed E-state index contributed by atoms with van der Waals surface area (Å²) < 4.78 is 12.3. The van der Waals surface area contributed by atoms with Crippen LogP contribution in [0.15, 0.2) is 108 Å². The minimum Gasteiger partial charge on any atom is -0.478 e. The second-order valence-electron chi connectivity index (χ2n) is 27.5. The molecule has 9 aliphatic rings. The molecule has 0 amide bonds. The minimum absolute atomic E-state index is 0.0263. The van der Waals surface area contributed by atoms with Crippen LogP contribution in [-0.4, -0.2) is 150 Å². The van der Waals surface area contributed by atoms with Crippen LogP contribution in [0.25, 0.3) is 0 Å². The summed E-state index contributed by atoms with van der Waals surface area (Å²) >= 11 is 0. The lowest BCUT2D eigenvalue weighted by atomic mass is 9.95. The third-order valence-corrected chi connectivity index (χ3v) is 20.6. The molecule has 14 rings (SSSR count). The number of likely N-dealkylation sites (tertiary alicyclic amines) is 1. The third-order valence-electron chi connectivity index (χ3n) is 20.6. The van der Waals surface area contributed by atoms with E-state index in [2.05, 4.69) is 153 Å². The number of benzene rings is 4. The quantitative estimate of drug-likeness (QED) is 0.0402. The number of rotatable bonds is 24. The first-order valence-electron chi connectivity index (χ1n) is 31.1. The van der Waals surface area contributed by atoms with Crippen molar-refractivity contribution in [2.75, 3.05) is 72.0 Å². The second-order valence-corrected chi connectivity index (χ2v) is 27.5. The van der Waals surface area contributed by atoms with Gasteiger partial charge in [-0.3, -0.25) is 14.7 Å². The van der Waals surface area contributed by atoms with Crippen LogP contribution in [-0.2, 0) is 23.1 Å². The number of hydrogen-bond acceptors (Lipinski definition) is 12. The molecule has 13 heteroatoms. The highest BCUT2D eigenvalue weighted by molar-refractivity contribution is 5.88. The molecule has 12 atom stereocenters. The smallest absolute Gasteiger partial charge is 0.335 e. The van der Waals surface area contributed by atoms with E-state index >= 15 is 0 Å². The molecule has 4 heterocycles. The lowest BCUT2D eigenvalue weighted by Gasteiger charge is -2.39.